The molecule has 2 fully saturated rings. The molecule has 0 aromatic carbocycles. The molecule has 2 aliphatic rings. The van der Waals surface area contributed by atoms with Gasteiger partial charge in [0.2, 0.25) is 0 Å². The number of hydrogen-bond acceptors (Lipinski definition) is 10. The van der Waals surface area contributed by atoms with Crippen LogP contribution in [0.25, 0.3) is 11.0 Å². The van der Waals surface area contributed by atoms with E-state index in [4.69, 9.17) is 10.5 Å². The van der Waals surface area contributed by atoms with Crippen LogP contribution in [0.3, 0.4) is 0 Å². The van der Waals surface area contributed by atoms with E-state index in [2.05, 4.69) is 40.7 Å². The lowest BCUT2D eigenvalue weighted by atomic mass is 10.0. The Morgan fingerprint density at radius 3 is 2.86 bits per heavy atom. The first-order valence-electron chi connectivity index (χ1n) is 12.2. The molecule has 0 amide bonds. The number of aromatic nitrogens is 4. The fourth-order valence-corrected chi connectivity index (χ4v) is 5.03. The first-order valence-corrected chi connectivity index (χ1v) is 12.2. The number of pyridine rings is 1. The Labute approximate surface area is 204 Å². The number of nitrogens with two attached hydrogens (primary N) is 1. The lowest BCUT2D eigenvalue weighted by molar-refractivity contribution is -0.00840. The average molecular weight is 483 g/mol. The summed E-state index contributed by atoms with van der Waals surface area (Å²) in [5.41, 5.74) is 7.79. The van der Waals surface area contributed by atoms with Crippen molar-refractivity contribution in [1.82, 2.24) is 29.7 Å². The minimum Gasteiger partial charge on any atom is -0.388 e. The third-order valence-electron chi connectivity index (χ3n) is 7.04. The molecule has 1 unspecified atom stereocenters. The van der Waals surface area contributed by atoms with Crippen LogP contribution in [0, 0.1) is 0 Å². The van der Waals surface area contributed by atoms with Crippen LogP contribution in [0.1, 0.15) is 18.1 Å². The lowest BCUT2D eigenvalue weighted by Crippen LogP contribution is -2.42. The topological polar surface area (TPSA) is 140 Å². The normalized spacial score (nSPS) is 26.0. The molecule has 0 saturated carbocycles. The number of aliphatic hydroxyl groups excluding tert-OH is 2. The number of fused-ring (bicyclic) bond motifs is 1. The van der Waals surface area contributed by atoms with Crippen LogP contribution in [0.15, 0.2) is 36.9 Å². The fraction of sp³-hybridized carbons (Fsp3) is 0.542. The highest BCUT2D eigenvalue weighted by atomic mass is 16.5. The van der Waals surface area contributed by atoms with Crippen LogP contribution in [0.2, 0.25) is 0 Å². The van der Waals surface area contributed by atoms with Crippen molar-refractivity contribution in [2.45, 2.75) is 30.8 Å². The highest BCUT2D eigenvalue weighted by molar-refractivity contribution is 5.87. The summed E-state index contributed by atoms with van der Waals surface area (Å²) in [7, 11) is 2.02. The zero-order valence-corrected chi connectivity index (χ0v) is 20.0. The van der Waals surface area contributed by atoms with Crippen molar-refractivity contribution in [2.24, 2.45) is 0 Å². The van der Waals surface area contributed by atoms with Crippen molar-refractivity contribution in [3.63, 3.8) is 0 Å². The Balaban J connectivity index is 1.14. The molecule has 5 heterocycles. The van der Waals surface area contributed by atoms with E-state index in [9.17, 15) is 10.2 Å². The smallest absolute Gasteiger partial charge is 0.151 e. The number of nitrogens with zero attached hydrogens (tertiary/aromatic N) is 6. The third kappa shape index (κ3) is 5.09. The van der Waals surface area contributed by atoms with Gasteiger partial charge in [0, 0.05) is 57.2 Å². The van der Waals surface area contributed by atoms with Gasteiger partial charge in [0.05, 0.1) is 11.6 Å². The van der Waals surface area contributed by atoms with E-state index >= 15 is 0 Å². The molecule has 11 heteroatoms. The summed E-state index contributed by atoms with van der Waals surface area (Å²) in [6.07, 6.45) is 2.81. The molecule has 0 aliphatic carbocycles. The first-order chi connectivity index (χ1) is 17.0. The van der Waals surface area contributed by atoms with E-state index in [0.717, 1.165) is 51.5 Å². The van der Waals surface area contributed by atoms with Crippen molar-refractivity contribution in [1.29, 1.82) is 0 Å². The Bertz CT molecular complexity index is 1110. The number of anilines is 2. The van der Waals surface area contributed by atoms with Crippen molar-refractivity contribution in [3.05, 3.63) is 42.5 Å². The second kappa shape index (κ2) is 10.4. The largest absolute Gasteiger partial charge is 0.388 e. The third-order valence-corrected chi connectivity index (χ3v) is 7.04. The predicted molar refractivity (Wildman–Crippen MR) is 133 cm³/mol. The van der Waals surface area contributed by atoms with Crippen LogP contribution in [0.4, 0.5) is 11.6 Å². The highest BCUT2D eigenvalue weighted by Gasteiger charge is 2.44. The number of aromatic amines is 1. The highest BCUT2D eigenvalue weighted by Crippen LogP contribution is 2.37. The number of likely N-dealkylation sites (N-methyl/N-ethyl adjacent to an activating group) is 1. The monoisotopic (exact) mass is 482 g/mol. The number of ether oxygens (including phenoxy) is 1. The SMILES string of the molecule is CN(CCN1CCCN(c2ccccn2)CC1)C[C@H]1OC(c2c[nH]c3c(N)ncnc23)[C@H](O)[C@@H]1O. The molecule has 3 aromatic heterocycles. The van der Waals surface area contributed by atoms with E-state index in [1.807, 2.05) is 25.4 Å². The molecule has 35 heavy (non-hydrogen) atoms. The van der Waals surface area contributed by atoms with Gasteiger partial charge in [0.15, 0.2) is 5.82 Å². The van der Waals surface area contributed by atoms with E-state index in [1.165, 1.54) is 6.33 Å². The molecule has 0 spiro atoms. The standard InChI is InChI=1S/C24H34N8O3/c1-30(9-10-31-7-4-8-32(12-11-31)18-5-2-3-6-26-18)14-17-21(33)22(34)23(35-17)16-13-27-20-19(16)28-15-29-24(20)25/h2-3,5-6,13,15,17,21-23,27,33-34H,4,7-12,14H2,1H3,(H2,25,28,29)/t17-,21-,22-,23?/m1/s1. The van der Waals surface area contributed by atoms with Crippen molar-refractivity contribution >= 4 is 22.7 Å². The van der Waals surface area contributed by atoms with Gasteiger partial charge >= 0.3 is 0 Å². The molecule has 4 atom stereocenters. The predicted octanol–water partition coefficient (Wildman–Crippen LogP) is 0.241. The van der Waals surface area contributed by atoms with E-state index in [1.54, 1.807) is 6.20 Å². The van der Waals surface area contributed by atoms with Crippen LogP contribution in [-0.4, -0.2) is 111 Å². The van der Waals surface area contributed by atoms with E-state index in [0.29, 0.717) is 29.0 Å². The molecule has 2 saturated heterocycles. The van der Waals surface area contributed by atoms with Gasteiger partial charge in [0.1, 0.15) is 36.0 Å². The zero-order valence-electron chi connectivity index (χ0n) is 20.0. The number of nitrogen functional groups attached to an aromatic ring is 1. The molecule has 188 valence electrons. The quantitative estimate of drug-likeness (QED) is 0.370. The summed E-state index contributed by atoms with van der Waals surface area (Å²) in [6.45, 7) is 6.29. The minimum atomic E-state index is -1.05. The van der Waals surface area contributed by atoms with Gasteiger partial charge in [-0.25, -0.2) is 15.0 Å². The summed E-state index contributed by atoms with van der Waals surface area (Å²) < 4.78 is 6.13. The second-order valence-electron chi connectivity index (χ2n) is 9.44. The maximum Gasteiger partial charge on any atom is 0.151 e. The number of H-pyrrole nitrogens is 1. The van der Waals surface area contributed by atoms with Crippen LogP contribution in [-0.2, 0) is 4.74 Å². The minimum absolute atomic E-state index is 0.335. The maximum absolute atomic E-state index is 10.7. The summed E-state index contributed by atoms with van der Waals surface area (Å²) >= 11 is 0. The van der Waals surface area contributed by atoms with Crippen LogP contribution >= 0.6 is 0 Å². The zero-order chi connectivity index (χ0) is 24.4. The molecule has 0 bridgehead atoms. The Morgan fingerprint density at radius 1 is 1.14 bits per heavy atom. The summed E-state index contributed by atoms with van der Waals surface area (Å²) in [5, 5.41) is 21.4. The maximum atomic E-state index is 10.7. The van der Waals surface area contributed by atoms with E-state index in [-0.39, 0.29) is 0 Å². The Hall–Kier alpha value is -2.83. The number of hydrogen-bond donors (Lipinski definition) is 4. The molecular weight excluding hydrogens is 448 g/mol. The molecule has 5 N–H and O–H groups in total. The van der Waals surface area contributed by atoms with Crippen molar-refractivity contribution in [3.8, 4) is 0 Å². The van der Waals surface area contributed by atoms with Gasteiger partial charge in [-0.05, 0) is 32.1 Å². The molecule has 11 nitrogen and oxygen atoms in total. The molecular formula is C24H34N8O3. The number of aliphatic hydroxyl groups is 2. The first kappa shape index (κ1) is 23.9. The van der Waals surface area contributed by atoms with Crippen LogP contribution < -0.4 is 10.6 Å². The Kier molecular flexibility index (Phi) is 7.12. The van der Waals surface area contributed by atoms with Gasteiger partial charge in [-0.1, -0.05) is 6.07 Å². The summed E-state index contributed by atoms with van der Waals surface area (Å²) in [5.74, 6) is 1.37. The molecule has 3 aromatic rings. The van der Waals surface area contributed by atoms with Gasteiger partial charge in [-0.15, -0.1) is 0 Å². The van der Waals surface area contributed by atoms with Gasteiger partial charge in [-0.2, -0.15) is 0 Å². The lowest BCUT2D eigenvalue weighted by Gasteiger charge is -2.27. The molecule has 5 rings (SSSR count). The average Bonchev–Trinajstić information content (AvgIpc) is 3.31. The van der Waals surface area contributed by atoms with Crippen molar-refractivity contribution < 1.29 is 14.9 Å². The molecule has 0 radical (unpaired) electrons. The van der Waals surface area contributed by atoms with Gasteiger partial charge in [-0.3, -0.25) is 0 Å². The Morgan fingerprint density at radius 2 is 2.03 bits per heavy atom. The molecule has 2 aliphatic heterocycles. The van der Waals surface area contributed by atoms with E-state index < -0.39 is 24.4 Å². The summed E-state index contributed by atoms with van der Waals surface area (Å²) in [4.78, 5) is 22.8. The van der Waals surface area contributed by atoms with Gasteiger partial charge in [0.25, 0.3) is 0 Å². The fourth-order valence-electron chi connectivity index (χ4n) is 5.03. The van der Waals surface area contributed by atoms with Crippen molar-refractivity contribution in [2.75, 3.05) is 63.5 Å². The van der Waals surface area contributed by atoms with Crippen LogP contribution in [0.5, 0.6) is 0 Å². The second-order valence-corrected chi connectivity index (χ2v) is 9.44. The summed E-state index contributed by atoms with van der Waals surface area (Å²) in [6, 6.07) is 6.04. The number of nitrogens with one attached hydrogen (secondary N) is 1. The number of rotatable bonds is 7. The van der Waals surface area contributed by atoms with Gasteiger partial charge < -0.3 is 40.4 Å².